The van der Waals surface area contributed by atoms with Crippen molar-refractivity contribution < 1.29 is 14.0 Å². The molecular formula is C19H28FN3O2. The van der Waals surface area contributed by atoms with Gasteiger partial charge in [0.05, 0.1) is 0 Å². The van der Waals surface area contributed by atoms with Crippen molar-refractivity contribution in [3.63, 3.8) is 0 Å². The summed E-state index contributed by atoms with van der Waals surface area (Å²) >= 11 is 0. The van der Waals surface area contributed by atoms with Gasteiger partial charge in [0, 0.05) is 44.7 Å². The Balaban J connectivity index is 2.03. The first kappa shape index (κ1) is 19.4. The summed E-state index contributed by atoms with van der Waals surface area (Å²) in [6, 6.07) is 4.25. The summed E-state index contributed by atoms with van der Waals surface area (Å²) in [6.45, 7) is 8.31. The Labute approximate surface area is 149 Å². The average Bonchev–Trinajstić information content (AvgIpc) is 2.95. The van der Waals surface area contributed by atoms with Crippen molar-refractivity contribution in [2.75, 3.05) is 26.7 Å². The first-order chi connectivity index (χ1) is 11.8. The molecule has 0 bridgehead atoms. The van der Waals surface area contributed by atoms with Crippen LogP contribution in [0.1, 0.15) is 36.2 Å². The van der Waals surface area contributed by atoms with Gasteiger partial charge in [-0.1, -0.05) is 13.8 Å². The van der Waals surface area contributed by atoms with E-state index >= 15 is 0 Å². The Bertz CT molecular complexity index is 633. The molecule has 0 aromatic heterocycles. The minimum atomic E-state index is -0.338. The van der Waals surface area contributed by atoms with E-state index in [1.165, 1.54) is 18.2 Å². The number of aryl methyl sites for hydroxylation is 1. The van der Waals surface area contributed by atoms with Gasteiger partial charge in [-0.2, -0.15) is 0 Å². The highest BCUT2D eigenvalue weighted by atomic mass is 19.1. The van der Waals surface area contributed by atoms with Crippen molar-refractivity contribution in [3.05, 3.63) is 35.1 Å². The number of hydrogen-bond donors (Lipinski definition) is 2. The van der Waals surface area contributed by atoms with Crippen LogP contribution in [0.3, 0.4) is 0 Å². The number of nitrogens with one attached hydrogen (secondary N) is 2. The van der Waals surface area contributed by atoms with Crippen molar-refractivity contribution in [2.45, 2.75) is 33.2 Å². The van der Waals surface area contributed by atoms with Gasteiger partial charge in [0.1, 0.15) is 5.82 Å². The molecule has 2 rings (SSSR count). The van der Waals surface area contributed by atoms with Gasteiger partial charge in [-0.05, 0) is 42.5 Å². The molecule has 1 aliphatic rings. The van der Waals surface area contributed by atoms with Crippen molar-refractivity contribution in [2.24, 2.45) is 11.8 Å². The van der Waals surface area contributed by atoms with Crippen LogP contribution in [0.25, 0.3) is 0 Å². The van der Waals surface area contributed by atoms with Crippen molar-refractivity contribution in [1.82, 2.24) is 15.5 Å². The molecule has 1 heterocycles. The molecule has 0 radical (unpaired) electrons. The number of benzene rings is 1. The minimum absolute atomic E-state index is 0.0236. The largest absolute Gasteiger partial charge is 0.359 e. The van der Waals surface area contributed by atoms with E-state index in [-0.39, 0.29) is 23.7 Å². The molecule has 0 unspecified atom stereocenters. The number of nitrogens with zero attached hydrogens (tertiary/aromatic N) is 1. The van der Waals surface area contributed by atoms with E-state index in [0.29, 0.717) is 35.9 Å². The first-order valence-corrected chi connectivity index (χ1v) is 8.81. The van der Waals surface area contributed by atoms with Crippen LogP contribution in [-0.4, -0.2) is 49.4 Å². The smallest absolute Gasteiger partial charge is 0.251 e. The number of rotatable bonds is 6. The fourth-order valence-electron chi connectivity index (χ4n) is 3.44. The van der Waals surface area contributed by atoms with Gasteiger partial charge < -0.3 is 15.5 Å². The third-order valence-electron chi connectivity index (χ3n) is 4.98. The molecule has 6 heteroatoms. The van der Waals surface area contributed by atoms with Crippen molar-refractivity contribution in [3.8, 4) is 0 Å². The van der Waals surface area contributed by atoms with E-state index in [1.54, 1.807) is 14.0 Å². The van der Waals surface area contributed by atoms with Gasteiger partial charge in [0.2, 0.25) is 5.91 Å². The summed E-state index contributed by atoms with van der Waals surface area (Å²) in [5, 5.41) is 5.75. The third-order valence-corrected chi connectivity index (χ3v) is 4.98. The zero-order valence-electron chi connectivity index (χ0n) is 15.4. The second-order valence-corrected chi connectivity index (χ2v) is 7.13. The summed E-state index contributed by atoms with van der Waals surface area (Å²) in [4.78, 5) is 26.3. The Kier molecular flexibility index (Phi) is 6.53. The molecule has 25 heavy (non-hydrogen) atoms. The third kappa shape index (κ3) is 5.01. The van der Waals surface area contributed by atoms with Gasteiger partial charge >= 0.3 is 0 Å². The molecular weight excluding hydrogens is 321 g/mol. The monoisotopic (exact) mass is 349 g/mol. The maximum Gasteiger partial charge on any atom is 0.251 e. The molecule has 0 aliphatic carbocycles. The number of amides is 2. The van der Waals surface area contributed by atoms with Gasteiger partial charge in [-0.25, -0.2) is 4.39 Å². The molecule has 2 amide bonds. The summed E-state index contributed by atoms with van der Waals surface area (Å²) in [7, 11) is 1.64. The number of halogens is 1. The van der Waals surface area contributed by atoms with Crippen LogP contribution in [-0.2, 0) is 4.79 Å². The van der Waals surface area contributed by atoms with Crippen molar-refractivity contribution >= 4 is 11.8 Å². The van der Waals surface area contributed by atoms with Gasteiger partial charge in [0.15, 0.2) is 0 Å². The molecule has 1 aromatic rings. The van der Waals surface area contributed by atoms with Crippen LogP contribution in [0.4, 0.5) is 4.39 Å². The topological polar surface area (TPSA) is 61.4 Å². The van der Waals surface area contributed by atoms with E-state index in [9.17, 15) is 14.0 Å². The number of carbonyl (C=O) groups is 2. The van der Waals surface area contributed by atoms with Gasteiger partial charge in [-0.3, -0.25) is 9.59 Å². The Hall–Kier alpha value is -1.95. The van der Waals surface area contributed by atoms with E-state index in [4.69, 9.17) is 0 Å². The molecule has 1 aliphatic heterocycles. The fraction of sp³-hybridized carbons (Fsp3) is 0.579. The minimum Gasteiger partial charge on any atom is -0.359 e. The summed E-state index contributed by atoms with van der Waals surface area (Å²) in [5.41, 5.74) is 1.14. The first-order valence-electron chi connectivity index (χ1n) is 8.81. The maximum absolute atomic E-state index is 13.2. The van der Waals surface area contributed by atoms with Crippen LogP contribution < -0.4 is 10.6 Å². The van der Waals surface area contributed by atoms with Crippen molar-refractivity contribution in [1.29, 1.82) is 0 Å². The SMILES string of the molecule is CNC(=O)CCN1C[C@@H](NC(=O)c2ccc(F)cc2C)[C@H](C(C)C)C1. The second kappa shape index (κ2) is 8.43. The summed E-state index contributed by atoms with van der Waals surface area (Å²) in [6.07, 6.45) is 0.457. The Morgan fingerprint density at radius 3 is 2.64 bits per heavy atom. The van der Waals surface area contributed by atoms with Gasteiger partial charge in [-0.15, -0.1) is 0 Å². The lowest BCUT2D eigenvalue weighted by Crippen LogP contribution is -2.42. The molecule has 1 fully saturated rings. The maximum atomic E-state index is 13.2. The van der Waals surface area contributed by atoms with Crippen LogP contribution in [0.15, 0.2) is 18.2 Å². The highest BCUT2D eigenvalue weighted by molar-refractivity contribution is 5.95. The molecule has 1 saturated heterocycles. The Morgan fingerprint density at radius 2 is 2.04 bits per heavy atom. The molecule has 2 atom stereocenters. The van der Waals surface area contributed by atoms with E-state index in [1.807, 2.05) is 0 Å². The quantitative estimate of drug-likeness (QED) is 0.825. The normalized spacial score (nSPS) is 20.7. The van der Waals surface area contributed by atoms with E-state index < -0.39 is 0 Å². The van der Waals surface area contributed by atoms with Crippen LogP contribution in [0.2, 0.25) is 0 Å². The standard InChI is InChI=1S/C19H28FN3O2/c1-12(2)16-10-23(8-7-18(24)21-4)11-17(16)22-19(25)15-6-5-14(20)9-13(15)3/h5-6,9,12,16-17H,7-8,10-11H2,1-4H3,(H,21,24)(H,22,25)/t16-,17+/m0/s1. The van der Waals surface area contributed by atoms with Crippen LogP contribution in [0.5, 0.6) is 0 Å². The lowest BCUT2D eigenvalue weighted by Gasteiger charge is -2.23. The molecule has 5 nitrogen and oxygen atoms in total. The zero-order valence-corrected chi connectivity index (χ0v) is 15.4. The fourth-order valence-corrected chi connectivity index (χ4v) is 3.44. The Morgan fingerprint density at radius 1 is 1.32 bits per heavy atom. The zero-order chi connectivity index (χ0) is 18.6. The molecule has 0 spiro atoms. The molecule has 0 saturated carbocycles. The molecule has 1 aromatic carbocycles. The number of carbonyl (C=O) groups excluding carboxylic acids is 2. The predicted octanol–water partition coefficient (Wildman–Crippen LogP) is 1.96. The summed E-state index contributed by atoms with van der Waals surface area (Å²) in [5.74, 6) is 0.270. The second-order valence-electron chi connectivity index (χ2n) is 7.13. The van der Waals surface area contributed by atoms with Gasteiger partial charge in [0.25, 0.3) is 5.91 Å². The van der Waals surface area contributed by atoms with E-state index in [2.05, 4.69) is 29.4 Å². The highest BCUT2D eigenvalue weighted by Gasteiger charge is 2.35. The summed E-state index contributed by atoms with van der Waals surface area (Å²) < 4.78 is 13.2. The lowest BCUT2D eigenvalue weighted by atomic mass is 9.91. The lowest BCUT2D eigenvalue weighted by molar-refractivity contribution is -0.120. The van der Waals surface area contributed by atoms with Crippen LogP contribution >= 0.6 is 0 Å². The van der Waals surface area contributed by atoms with E-state index in [0.717, 1.165) is 13.1 Å². The number of hydrogen-bond acceptors (Lipinski definition) is 3. The number of likely N-dealkylation sites (tertiary alicyclic amines) is 1. The highest BCUT2D eigenvalue weighted by Crippen LogP contribution is 2.25. The molecule has 138 valence electrons. The predicted molar refractivity (Wildman–Crippen MR) is 95.8 cm³/mol. The average molecular weight is 349 g/mol. The van der Waals surface area contributed by atoms with Crippen LogP contribution in [0, 0.1) is 24.6 Å². The molecule has 2 N–H and O–H groups in total.